The molecule has 2 fully saturated rings. The van der Waals surface area contributed by atoms with Crippen molar-refractivity contribution >= 4 is 11.8 Å². The van der Waals surface area contributed by atoms with Gasteiger partial charge in [-0.3, -0.25) is 14.5 Å². The van der Waals surface area contributed by atoms with Gasteiger partial charge in [0.1, 0.15) is 11.6 Å². The van der Waals surface area contributed by atoms with Crippen molar-refractivity contribution in [3.8, 4) is 0 Å². The van der Waals surface area contributed by atoms with Crippen LogP contribution in [0.1, 0.15) is 29.6 Å². The van der Waals surface area contributed by atoms with Crippen molar-refractivity contribution < 1.29 is 18.4 Å². The fourth-order valence-corrected chi connectivity index (χ4v) is 3.41. The van der Waals surface area contributed by atoms with Crippen LogP contribution >= 0.6 is 0 Å². The first kappa shape index (κ1) is 16.8. The van der Waals surface area contributed by atoms with Crippen molar-refractivity contribution in [3.05, 3.63) is 35.4 Å². The Bertz CT molecular complexity index is 632. The molecule has 1 N–H and O–H groups in total. The summed E-state index contributed by atoms with van der Waals surface area (Å²) in [6.45, 7) is 3.21. The van der Waals surface area contributed by atoms with Crippen LogP contribution < -0.4 is 5.32 Å². The molecular weight excluding hydrogens is 316 g/mol. The lowest BCUT2D eigenvalue weighted by Crippen LogP contribution is -2.42. The highest BCUT2D eigenvalue weighted by Crippen LogP contribution is 2.21. The van der Waals surface area contributed by atoms with Crippen LogP contribution in [0.15, 0.2) is 18.2 Å². The molecule has 0 aliphatic carbocycles. The van der Waals surface area contributed by atoms with Gasteiger partial charge in [-0.15, -0.1) is 0 Å². The summed E-state index contributed by atoms with van der Waals surface area (Å²) in [5.74, 6) is -2.00. The van der Waals surface area contributed by atoms with Gasteiger partial charge in [-0.25, -0.2) is 8.78 Å². The van der Waals surface area contributed by atoms with E-state index in [0.717, 1.165) is 50.6 Å². The predicted molar refractivity (Wildman–Crippen MR) is 84.5 cm³/mol. The summed E-state index contributed by atoms with van der Waals surface area (Å²) in [6.07, 6.45) is 3.09. The molecule has 2 heterocycles. The number of hydrogen-bond acceptors (Lipinski definition) is 3. The number of nitrogens with one attached hydrogen (secondary N) is 1. The second kappa shape index (κ2) is 7.25. The smallest absolute Gasteiger partial charge is 0.254 e. The van der Waals surface area contributed by atoms with Gasteiger partial charge in [0.25, 0.3) is 5.91 Å². The minimum atomic E-state index is -0.764. The standard InChI is InChI=1S/C17H21F2N3O2/c18-12-3-4-14(19)13(11-12)16(23)20-6-10-22-9-5-15(17(22)24)21-7-1-2-8-21/h3-4,11,15H,1-2,5-10H2,(H,20,23). The molecule has 0 radical (unpaired) electrons. The van der Waals surface area contributed by atoms with Gasteiger partial charge in [-0.05, 0) is 50.6 Å². The maximum atomic E-state index is 13.5. The number of amides is 2. The summed E-state index contributed by atoms with van der Waals surface area (Å²) in [4.78, 5) is 28.3. The minimum Gasteiger partial charge on any atom is -0.350 e. The molecule has 2 saturated heterocycles. The molecule has 2 aliphatic heterocycles. The highest BCUT2D eigenvalue weighted by atomic mass is 19.1. The zero-order valence-electron chi connectivity index (χ0n) is 13.4. The maximum Gasteiger partial charge on any atom is 0.254 e. The normalized spacial score (nSPS) is 21.5. The van der Waals surface area contributed by atoms with Crippen LogP contribution in [0.5, 0.6) is 0 Å². The van der Waals surface area contributed by atoms with Crippen molar-refractivity contribution in [2.24, 2.45) is 0 Å². The molecule has 5 nitrogen and oxygen atoms in total. The molecule has 130 valence electrons. The molecule has 7 heteroatoms. The Kier molecular flexibility index (Phi) is 5.08. The molecule has 1 aromatic rings. The van der Waals surface area contributed by atoms with Crippen molar-refractivity contribution in [2.45, 2.75) is 25.3 Å². The fraction of sp³-hybridized carbons (Fsp3) is 0.529. The van der Waals surface area contributed by atoms with E-state index in [0.29, 0.717) is 13.1 Å². The monoisotopic (exact) mass is 337 g/mol. The molecule has 2 amide bonds. The highest BCUT2D eigenvalue weighted by Gasteiger charge is 2.36. The first-order valence-electron chi connectivity index (χ1n) is 8.32. The zero-order chi connectivity index (χ0) is 17.1. The number of benzene rings is 1. The summed E-state index contributed by atoms with van der Waals surface area (Å²) in [6, 6.07) is 2.72. The number of nitrogens with zero attached hydrogens (tertiary/aromatic N) is 2. The SMILES string of the molecule is O=C(NCCN1CCC(N2CCCC2)C1=O)c1cc(F)ccc1F. The van der Waals surface area contributed by atoms with Gasteiger partial charge in [0.15, 0.2) is 0 Å². The third-order valence-corrected chi connectivity index (χ3v) is 4.69. The lowest BCUT2D eigenvalue weighted by molar-refractivity contribution is -0.131. The second-order valence-corrected chi connectivity index (χ2v) is 6.25. The van der Waals surface area contributed by atoms with Gasteiger partial charge in [0.2, 0.25) is 5.91 Å². The van der Waals surface area contributed by atoms with Crippen LogP contribution in [0.4, 0.5) is 8.78 Å². The lowest BCUT2D eigenvalue weighted by atomic mass is 10.2. The first-order valence-corrected chi connectivity index (χ1v) is 8.32. The van der Waals surface area contributed by atoms with Gasteiger partial charge in [0, 0.05) is 19.6 Å². The molecule has 0 spiro atoms. The van der Waals surface area contributed by atoms with E-state index in [2.05, 4.69) is 10.2 Å². The molecule has 0 saturated carbocycles. The maximum absolute atomic E-state index is 13.5. The average Bonchev–Trinajstić information content (AvgIpc) is 3.20. The topological polar surface area (TPSA) is 52.7 Å². The van der Waals surface area contributed by atoms with Gasteiger partial charge >= 0.3 is 0 Å². The highest BCUT2D eigenvalue weighted by molar-refractivity contribution is 5.94. The molecule has 1 atom stereocenters. The van der Waals surface area contributed by atoms with Gasteiger partial charge in [-0.2, -0.15) is 0 Å². The number of rotatable bonds is 5. The average molecular weight is 337 g/mol. The summed E-state index contributed by atoms with van der Waals surface area (Å²) < 4.78 is 26.7. The number of likely N-dealkylation sites (tertiary alicyclic amines) is 2. The van der Waals surface area contributed by atoms with Crippen molar-refractivity contribution in [1.82, 2.24) is 15.1 Å². The van der Waals surface area contributed by atoms with Crippen LogP contribution in [0, 0.1) is 11.6 Å². The van der Waals surface area contributed by atoms with Gasteiger partial charge in [0.05, 0.1) is 11.6 Å². The van der Waals surface area contributed by atoms with E-state index < -0.39 is 17.5 Å². The molecule has 1 aromatic carbocycles. The van der Waals surface area contributed by atoms with Crippen molar-refractivity contribution in [3.63, 3.8) is 0 Å². The Morgan fingerprint density at radius 2 is 1.96 bits per heavy atom. The van der Waals surface area contributed by atoms with Gasteiger partial charge in [-0.1, -0.05) is 0 Å². The summed E-state index contributed by atoms with van der Waals surface area (Å²) in [7, 11) is 0. The van der Waals surface area contributed by atoms with E-state index in [-0.39, 0.29) is 24.1 Å². The Hall–Kier alpha value is -2.02. The van der Waals surface area contributed by atoms with Crippen molar-refractivity contribution in [1.29, 1.82) is 0 Å². The Morgan fingerprint density at radius 3 is 2.71 bits per heavy atom. The third-order valence-electron chi connectivity index (χ3n) is 4.69. The third kappa shape index (κ3) is 3.56. The Labute approximate surface area is 139 Å². The minimum absolute atomic E-state index is 0.0381. The Balaban J connectivity index is 1.49. The number of halogens is 2. The van der Waals surface area contributed by atoms with E-state index in [9.17, 15) is 18.4 Å². The molecule has 1 unspecified atom stereocenters. The quantitative estimate of drug-likeness (QED) is 0.883. The van der Waals surface area contributed by atoms with E-state index in [1.165, 1.54) is 0 Å². The van der Waals surface area contributed by atoms with Crippen LogP contribution in [-0.2, 0) is 4.79 Å². The molecule has 0 aromatic heterocycles. The Morgan fingerprint density at radius 1 is 1.21 bits per heavy atom. The summed E-state index contributed by atoms with van der Waals surface area (Å²) in [5.41, 5.74) is -0.322. The lowest BCUT2D eigenvalue weighted by Gasteiger charge is -2.22. The van der Waals surface area contributed by atoms with Crippen LogP contribution in [0.25, 0.3) is 0 Å². The molecule has 2 aliphatic rings. The van der Waals surface area contributed by atoms with Gasteiger partial charge < -0.3 is 10.2 Å². The predicted octanol–water partition coefficient (Wildman–Crippen LogP) is 1.39. The number of carbonyl (C=O) groups excluding carboxylic acids is 2. The van der Waals surface area contributed by atoms with E-state index in [1.54, 1.807) is 4.90 Å². The van der Waals surface area contributed by atoms with Crippen LogP contribution in [-0.4, -0.2) is 60.4 Å². The van der Waals surface area contributed by atoms with E-state index >= 15 is 0 Å². The molecule has 0 bridgehead atoms. The molecule has 24 heavy (non-hydrogen) atoms. The molecular formula is C17H21F2N3O2. The van der Waals surface area contributed by atoms with Crippen molar-refractivity contribution in [2.75, 3.05) is 32.7 Å². The largest absolute Gasteiger partial charge is 0.350 e. The summed E-state index contributed by atoms with van der Waals surface area (Å²) in [5, 5.41) is 2.55. The second-order valence-electron chi connectivity index (χ2n) is 6.25. The number of carbonyl (C=O) groups is 2. The van der Waals surface area contributed by atoms with Crippen LogP contribution in [0.3, 0.4) is 0 Å². The summed E-state index contributed by atoms with van der Waals surface area (Å²) >= 11 is 0. The first-order chi connectivity index (χ1) is 11.6. The van der Waals surface area contributed by atoms with E-state index in [1.807, 2.05) is 0 Å². The number of hydrogen-bond donors (Lipinski definition) is 1. The fourth-order valence-electron chi connectivity index (χ4n) is 3.41. The van der Waals surface area contributed by atoms with Crippen LogP contribution in [0.2, 0.25) is 0 Å². The molecule has 3 rings (SSSR count). The zero-order valence-corrected chi connectivity index (χ0v) is 13.4. The van der Waals surface area contributed by atoms with E-state index in [4.69, 9.17) is 0 Å².